The van der Waals surface area contributed by atoms with E-state index in [1.54, 1.807) is 12.1 Å². The maximum absolute atomic E-state index is 13.0. The van der Waals surface area contributed by atoms with Gasteiger partial charge in [-0.3, -0.25) is 4.79 Å². The number of alkyl halides is 1. The summed E-state index contributed by atoms with van der Waals surface area (Å²) in [6.45, 7) is 0.518. The van der Waals surface area contributed by atoms with E-state index in [0.717, 1.165) is 5.56 Å². The first-order chi connectivity index (χ1) is 11.4. The molecule has 2 fully saturated rings. The number of benzene rings is 1. The van der Waals surface area contributed by atoms with Crippen molar-refractivity contribution in [1.82, 2.24) is 4.90 Å². The molecule has 24 heavy (non-hydrogen) atoms. The molecule has 2 aliphatic rings. The highest BCUT2D eigenvalue weighted by molar-refractivity contribution is 8.15. The number of hydrogen-bond donors (Lipinski definition) is 0. The average Bonchev–Trinajstić information content (AvgIpc) is 2.98. The Kier molecular flexibility index (Phi) is 5.17. The molecular weight excluding hydrogens is 375 g/mol. The van der Waals surface area contributed by atoms with E-state index in [4.69, 9.17) is 11.6 Å². The van der Waals surface area contributed by atoms with Gasteiger partial charge in [0.1, 0.15) is 11.7 Å². The van der Waals surface area contributed by atoms with Gasteiger partial charge in [0.25, 0.3) is 5.91 Å². The highest BCUT2D eigenvalue weighted by atomic mass is 35.5. The predicted molar refractivity (Wildman–Crippen MR) is 93.8 cm³/mol. The quantitative estimate of drug-likeness (QED) is 0.732. The molecule has 0 saturated carbocycles. The zero-order valence-corrected chi connectivity index (χ0v) is 15.1. The van der Waals surface area contributed by atoms with Crippen molar-refractivity contribution in [2.24, 2.45) is 4.99 Å². The molecule has 0 aromatic heterocycles. The summed E-state index contributed by atoms with van der Waals surface area (Å²) >= 11 is 6.85. The number of amides is 1. The van der Waals surface area contributed by atoms with Crippen molar-refractivity contribution in [3.8, 4) is 0 Å². The first-order valence-electron chi connectivity index (χ1n) is 7.43. The lowest BCUT2D eigenvalue weighted by Gasteiger charge is -2.24. The highest BCUT2D eigenvalue weighted by Gasteiger charge is 2.48. The summed E-state index contributed by atoms with van der Waals surface area (Å²) in [5, 5.41) is 0.428. The third-order valence-corrected chi connectivity index (χ3v) is 7.54. The number of fused-ring (bicyclic) bond motifs is 1. The number of rotatable bonds is 4. The Bertz CT molecular complexity index is 767. The molecule has 2 heterocycles. The van der Waals surface area contributed by atoms with Gasteiger partial charge < -0.3 is 4.90 Å². The van der Waals surface area contributed by atoms with Crippen molar-refractivity contribution in [1.29, 1.82) is 0 Å². The van der Waals surface area contributed by atoms with E-state index in [0.29, 0.717) is 18.1 Å². The van der Waals surface area contributed by atoms with Crippen molar-refractivity contribution in [2.75, 3.05) is 23.9 Å². The van der Waals surface area contributed by atoms with Crippen LogP contribution in [-0.2, 0) is 21.1 Å². The van der Waals surface area contributed by atoms with E-state index < -0.39 is 15.7 Å². The zero-order chi connectivity index (χ0) is 17.3. The van der Waals surface area contributed by atoms with E-state index >= 15 is 0 Å². The number of amidine groups is 1. The number of carbonyl (C=O) groups is 1. The monoisotopic (exact) mass is 390 g/mol. The van der Waals surface area contributed by atoms with Crippen LogP contribution in [0.2, 0.25) is 0 Å². The average molecular weight is 391 g/mol. The predicted octanol–water partition coefficient (Wildman–Crippen LogP) is 1.70. The second-order valence-corrected chi connectivity index (χ2v) is 9.42. The van der Waals surface area contributed by atoms with Gasteiger partial charge in [0.2, 0.25) is 0 Å². The lowest BCUT2D eigenvalue weighted by molar-refractivity contribution is -0.115. The van der Waals surface area contributed by atoms with Crippen molar-refractivity contribution in [3.05, 3.63) is 35.6 Å². The molecule has 1 amide bonds. The fraction of sp³-hybridized carbons (Fsp3) is 0.467. The van der Waals surface area contributed by atoms with Gasteiger partial charge in [0.05, 0.1) is 17.5 Å². The van der Waals surface area contributed by atoms with Crippen LogP contribution in [-0.4, -0.2) is 59.6 Å². The van der Waals surface area contributed by atoms with Crippen LogP contribution in [0.25, 0.3) is 0 Å². The molecule has 0 radical (unpaired) electrons. The molecule has 2 saturated heterocycles. The summed E-state index contributed by atoms with van der Waals surface area (Å²) < 4.78 is 36.7. The molecule has 0 N–H and O–H groups in total. The van der Waals surface area contributed by atoms with Gasteiger partial charge in [-0.2, -0.15) is 4.99 Å². The fourth-order valence-corrected chi connectivity index (χ4v) is 6.99. The van der Waals surface area contributed by atoms with Gasteiger partial charge in [0.15, 0.2) is 15.0 Å². The van der Waals surface area contributed by atoms with Gasteiger partial charge in [0, 0.05) is 11.8 Å². The molecule has 5 nitrogen and oxygen atoms in total. The maximum Gasteiger partial charge on any atom is 0.262 e. The second-order valence-electron chi connectivity index (χ2n) is 5.79. The van der Waals surface area contributed by atoms with Crippen LogP contribution < -0.4 is 0 Å². The Balaban J connectivity index is 1.78. The topological polar surface area (TPSA) is 66.8 Å². The first-order valence-corrected chi connectivity index (χ1v) is 10.7. The molecule has 130 valence electrons. The summed E-state index contributed by atoms with van der Waals surface area (Å²) in [4.78, 5) is 17.4. The van der Waals surface area contributed by atoms with Gasteiger partial charge in [-0.05, 0) is 24.1 Å². The highest BCUT2D eigenvalue weighted by Crippen LogP contribution is 2.38. The van der Waals surface area contributed by atoms with Crippen LogP contribution in [0, 0.1) is 5.82 Å². The minimum atomic E-state index is -3.06. The summed E-state index contributed by atoms with van der Waals surface area (Å²) in [5.74, 6) is -0.768. The first kappa shape index (κ1) is 17.7. The molecule has 0 spiro atoms. The van der Waals surface area contributed by atoms with Crippen LogP contribution in [0.3, 0.4) is 0 Å². The standard InChI is InChI=1S/C15H16ClFN2O3S2/c16-7-14(20)18-15-19(6-5-10-1-3-11(17)4-2-10)12-8-24(21,22)9-13(12)23-15/h1-4,12-13H,5-9H2/t12-,13-/m0/s1. The van der Waals surface area contributed by atoms with Crippen molar-refractivity contribution < 1.29 is 17.6 Å². The molecule has 1 aromatic rings. The van der Waals surface area contributed by atoms with Gasteiger partial charge in [-0.1, -0.05) is 23.9 Å². The Labute approximate surface area is 149 Å². The minimum Gasteiger partial charge on any atom is -0.346 e. The SMILES string of the molecule is O=C(CCl)N=C1S[C@H]2CS(=O)(=O)C[C@@H]2N1CCc1ccc(F)cc1. The number of halogens is 2. The van der Waals surface area contributed by atoms with Crippen LogP contribution in [0.1, 0.15) is 5.56 Å². The van der Waals surface area contributed by atoms with E-state index in [1.807, 2.05) is 4.90 Å². The molecule has 3 rings (SSSR count). The molecule has 0 bridgehead atoms. The number of carbonyl (C=O) groups excluding carboxylic acids is 1. The minimum absolute atomic E-state index is 0.0716. The smallest absolute Gasteiger partial charge is 0.262 e. The molecule has 0 aliphatic carbocycles. The van der Waals surface area contributed by atoms with E-state index in [1.165, 1.54) is 23.9 Å². The number of thioether (sulfide) groups is 1. The van der Waals surface area contributed by atoms with Crippen molar-refractivity contribution in [2.45, 2.75) is 17.7 Å². The largest absolute Gasteiger partial charge is 0.346 e. The number of hydrogen-bond acceptors (Lipinski definition) is 4. The Morgan fingerprint density at radius 2 is 2.04 bits per heavy atom. The molecule has 1 aromatic carbocycles. The van der Waals surface area contributed by atoms with Crippen LogP contribution in [0.5, 0.6) is 0 Å². The van der Waals surface area contributed by atoms with E-state index in [9.17, 15) is 17.6 Å². The Hall–Kier alpha value is -1.12. The Morgan fingerprint density at radius 3 is 2.71 bits per heavy atom. The molecule has 2 aliphatic heterocycles. The summed E-state index contributed by atoms with van der Waals surface area (Å²) in [7, 11) is -3.06. The number of nitrogens with zero attached hydrogens (tertiary/aromatic N) is 2. The van der Waals surface area contributed by atoms with Crippen LogP contribution in [0.4, 0.5) is 4.39 Å². The van der Waals surface area contributed by atoms with Gasteiger partial charge in [-0.25, -0.2) is 12.8 Å². The summed E-state index contributed by atoms with van der Waals surface area (Å²) in [6, 6.07) is 6.00. The van der Waals surface area contributed by atoms with Crippen LogP contribution >= 0.6 is 23.4 Å². The maximum atomic E-state index is 13.0. The van der Waals surface area contributed by atoms with Crippen molar-refractivity contribution >= 4 is 44.3 Å². The van der Waals surface area contributed by atoms with Crippen molar-refractivity contribution in [3.63, 3.8) is 0 Å². The number of aliphatic imine (C=N–C) groups is 1. The van der Waals surface area contributed by atoms with Gasteiger partial charge in [-0.15, -0.1) is 11.6 Å². The number of sulfone groups is 1. The third kappa shape index (κ3) is 3.92. The van der Waals surface area contributed by atoms with Crippen LogP contribution in [0.15, 0.2) is 29.3 Å². The lowest BCUT2D eigenvalue weighted by Crippen LogP contribution is -2.39. The fourth-order valence-electron chi connectivity index (χ4n) is 2.93. The Morgan fingerprint density at radius 1 is 1.33 bits per heavy atom. The molecule has 9 heteroatoms. The second kappa shape index (κ2) is 7.01. The van der Waals surface area contributed by atoms with Gasteiger partial charge >= 0.3 is 0 Å². The molecule has 0 unspecified atom stereocenters. The lowest BCUT2D eigenvalue weighted by atomic mass is 10.1. The molecular formula is C15H16ClFN2O3S2. The summed E-state index contributed by atoms with van der Waals surface area (Å²) in [5.41, 5.74) is 0.939. The zero-order valence-electron chi connectivity index (χ0n) is 12.7. The van der Waals surface area contributed by atoms with E-state index in [-0.39, 0.29) is 34.5 Å². The normalized spacial score (nSPS) is 26.8. The van der Waals surface area contributed by atoms with E-state index in [2.05, 4.69) is 4.99 Å². The summed E-state index contributed by atoms with van der Waals surface area (Å²) in [6.07, 6.45) is 0.609. The molecule has 2 atom stereocenters. The third-order valence-electron chi connectivity index (χ3n) is 4.06.